The third-order valence-electron chi connectivity index (χ3n) is 4.15. The maximum absolute atomic E-state index is 12.6. The highest BCUT2D eigenvalue weighted by atomic mass is 35.5. The molecule has 2 N–H and O–H groups in total. The molecule has 2 aromatic rings. The van der Waals surface area contributed by atoms with E-state index in [9.17, 15) is 14.7 Å². The van der Waals surface area contributed by atoms with Crippen LogP contribution in [0.2, 0.25) is 5.02 Å². The van der Waals surface area contributed by atoms with Gasteiger partial charge in [-0.3, -0.25) is 9.59 Å². The average Bonchev–Trinajstić information content (AvgIpc) is 2.95. The molecule has 0 saturated carbocycles. The number of rotatable bonds is 3. The minimum Gasteiger partial charge on any atom is -0.484 e. The van der Waals surface area contributed by atoms with E-state index in [0.29, 0.717) is 26.1 Å². The van der Waals surface area contributed by atoms with Gasteiger partial charge in [0.15, 0.2) is 5.78 Å². The minimum absolute atomic E-state index is 0.0851. The summed E-state index contributed by atoms with van der Waals surface area (Å²) >= 11 is 7.07. The molecular weight excluding hydrogens is 362 g/mol. The molecule has 7 heteroatoms. The predicted molar refractivity (Wildman–Crippen MR) is 96.7 cm³/mol. The normalized spacial score (nSPS) is 21.2. The lowest BCUT2D eigenvalue weighted by Gasteiger charge is -2.40. The van der Waals surface area contributed by atoms with Crippen molar-refractivity contribution in [2.45, 2.75) is 38.5 Å². The number of carbonyl (C=O) groups is 2. The molecule has 0 fully saturated rings. The number of aliphatic hydroxyl groups excluding tert-OH is 1. The Kier molecular flexibility index (Phi) is 4.62. The highest BCUT2D eigenvalue weighted by molar-refractivity contribution is 7.14. The van der Waals surface area contributed by atoms with E-state index in [2.05, 4.69) is 5.32 Å². The Labute approximate surface area is 154 Å². The lowest BCUT2D eigenvalue weighted by atomic mass is 9.90. The molecular formula is C18H18ClNO4S. The van der Waals surface area contributed by atoms with Crippen LogP contribution in [0, 0.1) is 0 Å². The molecule has 1 aromatic carbocycles. The van der Waals surface area contributed by atoms with Crippen LogP contribution < -0.4 is 10.1 Å². The van der Waals surface area contributed by atoms with Gasteiger partial charge in [-0.2, -0.15) is 0 Å². The zero-order chi connectivity index (χ0) is 18.4. The van der Waals surface area contributed by atoms with Crippen LogP contribution in [0.4, 0.5) is 0 Å². The molecule has 1 aliphatic rings. The number of ether oxygens (including phenoxy) is 1. The van der Waals surface area contributed by atoms with Gasteiger partial charge < -0.3 is 15.2 Å². The van der Waals surface area contributed by atoms with E-state index in [-0.39, 0.29) is 11.7 Å². The fourth-order valence-electron chi connectivity index (χ4n) is 2.72. The fraction of sp³-hybridized carbons (Fsp3) is 0.333. The number of hydrogen-bond donors (Lipinski definition) is 2. The van der Waals surface area contributed by atoms with Crippen LogP contribution in [0.5, 0.6) is 5.75 Å². The standard InChI is InChI=1S/C18H18ClNO4S/c1-9(21)13-8-12-15(25-13)14(16(22)18(2,3)24-12)20-17(23)10-4-6-11(19)7-5-10/h4-8,14,16,22H,1-3H3,(H,20,23)/t14-,16+/m1/s1. The highest BCUT2D eigenvalue weighted by Crippen LogP contribution is 2.44. The third kappa shape index (κ3) is 3.42. The van der Waals surface area contributed by atoms with E-state index in [4.69, 9.17) is 16.3 Å². The summed E-state index contributed by atoms with van der Waals surface area (Å²) in [4.78, 5) is 25.4. The zero-order valence-electron chi connectivity index (χ0n) is 14.0. The fourth-order valence-corrected chi connectivity index (χ4v) is 3.91. The van der Waals surface area contributed by atoms with Crippen LogP contribution in [0.15, 0.2) is 30.3 Å². The minimum atomic E-state index is -0.963. The van der Waals surface area contributed by atoms with Crippen LogP contribution in [0.3, 0.4) is 0 Å². The summed E-state index contributed by atoms with van der Waals surface area (Å²) < 4.78 is 5.84. The topological polar surface area (TPSA) is 75.6 Å². The van der Waals surface area contributed by atoms with Crippen LogP contribution in [-0.2, 0) is 0 Å². The van der Waals surface area contributed by atoms with E-state index in [1.807, 2.05) is 0 Å². The Bertz CT molecular complexity index is 828. The van der Waals surface area contributed by atoms with Crippen molar-refractivity contribution in [3.63, 3.8) is 0 Å². The van der Waals surface area contributed by atoms with Crippen molar-refractivity contribution in [2.75, 3.05) is 0 Å². The summed E-state index contributed by atoms with van der Waals surface area (Å²) in [6.07, 6.45) is -0.963. The Morgan fingerprint density at radius 3 is 2.52 bits per heavy atom. The molecule has 0 radical (unpaired) electrons. The van der Waals surface area contributed by atoms with Crippen molar-refractivity contribution >= 4 is 34.6 Å². The molecule has 0 unspecified atom stereocenters. The summed E-state index contributed by atoms with van der Waals surface area (Å²) in [7, 11) is 0. The smallest absolute Gasteiger partial charge is 0.251 e. The van der Waals surface area contributed by atoms with Gasteiger partial charge in [-0.05, 0) is 45.0 Å². The SMILES string of the molecule is CC(=O)c1cc2c(s1)[C@@H](NC(=O)c1ccc(Cl)cc1)[C@H](O)C(C)(C)O2. The van der Waals surface area contributed by atoms with Crippen molar-refractivity contribution < 1.29 is 19.4 Å². The van der Waals surface area contributed by atoms with E-state index in [1.54, 1.807) is 44.2 Å². The summed E-state index contributed by atoms with van der Waals surface area (Å²) in [5.74, 6) is 0.104. The zero-order valence-corrected chi connectivity index (χ0v) is 15.6. The second-order valence-corrected chi connectivity index (χ2v) is 8.02. The maximum Gasteiger partial charge on any atom is 0.251 e. The summed E-state index contributed by atoms with van der Waals surface area (Å²) in [6.45, 7) is 4.96. The molecule has 132 valence electrons. The Balaban J connectivity index is 1.95. The third-order valence-corrected chi connectivity index (χ3v) is 5.70. The van der Waals surface area contributed by atoms with Crippen molar-refractivity contribution in [1.82, 2.24) is 5.32 Å². The number of hydrogen-bond acceptors (Lipinski definition) is 5. The first kappa shape index (κ1) is 17.9. The number of ketones is 1. The second kappa shape index (κ2) is 6.44. The molecule has 0 spiro atoms. The molecule has 1 aliphatic heterocycles. The number of carbonyl (C=O) groups excluding carboxylic acids is 2. The first-order chi connectivity index (χ1) is 11.7. The van der Waals surface area contributed by atoms with Crippen LogP contribution in [0.25, 0.3) is 0 Å². The molecule has 2 atom stereocenters. The molecule has 5 nitrogen and oxygen atoms in total. The van der Waals surface area contributed by atoms with Gasteiger partial charge in [0.2, 0.25) is 0 Å². The van der Waals surface area contributed by atoms with E-state index < -0.39 is 17.7 Å². The number of halogens is 1. The van der Waals surface area contributed by atoms with Gasteiger partial charge in [0, 0.05) is 16.7 Å². The van der Waals surface area contributed by atoms with Crippen molar-refractivity contribution in [1.29, 1.82) is 0 Å². The second-order valence-electron chi connectivity index (χ2n) is 6.50. The van der Waals surface area contributed by atoms with E-state index in [1.165, 1.54) is 18.3 Å². The molecule has 0 saturated heterocycles. The molecule has 1 amide bonds. The predicted octanol–water partition coefficient (Wildman–Crippen LogP) is 3.61. The number of aliphatic hydroxyl groups is 1. The summed E-state index contributed by atoms with van der Waals surface area (Å²) in [5, 5.41) is 14.1. The number of nitrogens with one attached hydrogen (secondary N) is 1. The van der Waals surface area contributed by atoms with Gasteiger partial charge in [0.25, 0.3) is 5.91 Å². The van der Waals surface area contributed by atoms with Gasteiger partial charge in [0.05, 0.1) is 15.8 Å². The highest BCUT2D eigenvalue weighted by Gasteiger charge is 2.45. The maximum atomic E-state index is 12.6. The van der Waals surface area contributed by atoms with E-state index >= 15 is 0 Å². The number of benzene rings is 1. The summed E-state index contributed by atoms with van der Waals surface area (Å²) in [5.41, 5.74) is -0.467. The lowest BCUT2D eigenvalue weighted by Crippen LogP contribution is -2.53. The number of thiophene rings is 1. The Morgan fingerprint density at radius 2 is 1.92 bits per heavy atom. The van der Waals surface area contributed by atoms with Crippen molar-refractivity contribution in [3.8, 4) is 5.75 Å². The largest absolute Gasteiger partial charge is 0.484 e. The first-order valence-corrected chi connectivity index (χ1v) is 8.96. The molecule has 25 heavy (non-hydrogen) atoms. The molecule has 0 aliphatic carbocycles. The summed E-state index contributed by atoms with van der Waals surface area (Å²) in [6, 6.07) is 7.49. The molecule has 1 aromatic heterocycles. The Hall–Kier alpha value is -1.89. The van der Waals surface area contributed by atoms with Gasteiger partial charge in [-0.25, -0.2) is 0 Å². The Morgan fingerprint density at radius 1 is 1.28 bits per heavy atom. The van der Waals surface area contributed by atoms with Gasteiger partial charge in [-0.1, -0.05) is 11.6 Å². The first-order valence-electron chi connectivity index (χ1n) is 7.77. The molecule has 3 rings (SSSR count). The number of fused-ring (bicyclic) bond motifs is 1. The van der Waals surface area contributed by atoms with E-state index in [0.717, 1.165) is 0 Å². The lowest BCUT2D eigenvalue weighted by molar-refractivity contribution is -0.0612. The van der Waals surface area contributed by atoms with Gasteiger partial charge >= 0.3 is 0 Å². The van der Waals surface area contributed by atoms with Crippen LogP contribution in [-0.4, -0.2) is 28.5 Å². The molecule has 2 heterocycles. The van der Waals surface area contributed by atoms with Crippen LogP contribution in [0.1, 0.15) is 51.7 Å². The monoisotopic (exact) mass is 379 g/mol. The average molecular weight is 380 g/mol. The van der Waals surface area contributed by atoms with Gasteiger partial charge in [-0.15, -0.1) is 11.3 Å². The van der Waals surface area contributed by atoms with Crippen LogP contribution >= 0.6 is 22.9 Å². The van der Waals surface area contributed by atoms with Crippen molar-refractivity contribution in [3.05, 3.63) is 50.7 Å². The number of amides is 1. The van der Waals surface area contributed by atoms with Crippen molar-refractivity contribution in [2.24, 2.45) is 0 Å². The number of Topliss-reactive ketones (excluding diaryl/α,β-unsaturated/α-hetero) is 1. The molecule has 0 bridgehead atoms. The quantitative estimate of drug-likeness (QED) is 0.799. The van der Waals surface area contributed by atoms with Gasteiger partial charge in [0.1, 0.15) is 17.5 Å².